The molecule has 204 valence electrons. The minimum atomic E-state index is -1.44. The zero-order valence-corrected chi connectivity index (χ0v) is 21.0. The average Bonchev–Trinajstić information content (AvgIpc) is 3.28. The molecule has 0 amide bonds. The molecule has 2 aromatic carbocycles. The highest BCUT2D eigenvalue weighted by molar-refractivity contribution is 5.56. The third-order valence-electron chi connectivity index (χ3n) is 7.35. The second-order valence-electron chi connectivity index (χ2n) is 9.64. The Labute approximate surface area is 215 Å². The van der Waals surface area contributed by atoms with Gasteiger partial charge < -0.3 is 49.6 Å². The van der Waals surface area contributed by atoms with Crippen molar-refractivity contribution in [1.29, 1.82) is 0 Å². The molecule has 0 radical (unpaired) electrons. The Morgan fingerprint density at radius 3 is 2.38 bits per heavy atom. The van der Waals surface area contributed by atoms with E-state index in [2.05, 4.69) is 0 Å². The predicted molar refractivity (Wildman–Crippen MR) is 132 cm³/mol. The third kappa shape index (κ3) is 5.50. The van der Waals surface area contributed by atoms with Crippen molar-refractivity contribution in [1.82, 2.24) is 0 Å². The summed E-state index contributed by atoms with van der Waals surface area (Å²) in [6.45, 7) is -0.199. The number of hydrogen-bond donors (Lipinski definition) is 6. The van der Waals surface area contributed by atoms with Crippen LogP contribution >= 0.6 is 0 Å². The van der Waals surface area contributed by atoms with Crippen LogP contribution in [0.1, 0.15) is 41.6 Å². The van der Waals surface area contributed by atoms with Crippen molar-refractivity contribution in [3.05, 3.63) is 47.0 Å². The normalized spacial score (nSPS) is 29.0. The Morgan fingerprint density at radius 1 is 0.946 bits per heavy atom. The van der Waals surface area contributed by atoms with Gasteiger partial charge in [-0.25, -0.2) is 0 Å². The van der Waals surface area contributed by atoms with Crippen LogP contribution < -0.4 is 14.2 Å². The second-order valence-corrected chi connectivity index (χ2v) is 9.64. The van der Waals surface area contributed by atoms with Gasteiger partial charge >= 0.3 is 0 Å². The van der Waals surface area contributed by atoms with E-state index < -0.39 is 36.4 Å². The van der Waals surface area contributed by atoms with Crippen molar-refractivity contribution in [3.8, 4) is 23.0 Å². The summed E-state index contributed by atoms with van der Waals surface area (Å²) in [7, 11) is 3.01. The number of phenolic OH excluding ortho intramolecular Hbond substituents is 1. The maximum atomic E-state index is 10.6. The molecule has 7 atom stereocenters. The third-order valence-corrected chi connectivity index (χ3v) is 7.35. The first kappa shape index (κ1) is 27.4. The van der Waals surface area contributed by atoms with Crippen LogP contribution in [0.4, 0.5) is 0 Å². The number of phenols is 1. The van der Waals surface area contributed by atoms with E-state index in [0.717, 1.165) is 16.7 Å². The van der Waals surface area contributed by atoms with Gasteiger partial charge in [-0.1, -0.05) is 12.1 Å². The molecule has 1 saturated carbocycles. The lowest BCUT2D eigenvalue weighted by atomic mass is 9.81. The summed E-state index contributed by atoms with van der Waals surface area (Å²) in [5.41, 5.74) is 2.51. The summed E-state index contributed by atoms with van der Waals surface area (Å²) >= 11 is 0. The number of rotatable bonds is 10. The molecule has 10 heteroatoms. The first-order valence-electron chi connectivity index (χ1n) is 12.4. The Balaban J connectivity index is 1.68. The monoisotopic (exact) mass is 520 g/mol. The lowest BCUT2D eigenvalue weighted by Gasteiger charge is -2.40. The van der Waals surface area contributed by atoms with Gasteiger partial charge in [0.25, 0.3) is 0 Å². The van der Waals surface area contributed by atoms with Gasteiger partial charge in [0.15, 0.2) is 23.0 Å². The molecule has 1 aliphatic heterocycles. The quantitative estimate of drug-likeness (QED) is 0.267. The molecule has 0 bridgehead atoms. The van der Waals surface area contributed by atoms with Gasteiger partial charge in [-0.3, -0.25) is 0 Å². The lowest BCUT2D eigenvalue weighted by molar-refractivity contribution is -0.179. The first-order valence-corrected chi connectivity index (χ1v) is 12.4. The highest BCUT2D eigenvalue weighted by Crippen LogP contribution is 2.52. The standard InChI is InChI=1S/C27H36O10/c1-34-20-10-15(5-6-19(20)30)26-18(13-36-21-11-16(12-29)23(31)25(33)24(21)32)17-8-14(4-3-7-28)9-22(35-2)27(17)37-26/h5-6,8-10,16,18,21,23-26,28-33H,3-4,7,11-13H2,1-2H3. The number of benzene rings is 2. The van der Waals surface area contributed by atoms with Crippen molar-refractivity contribution in [2.75, 3.05) is 34.0 Å². The summed E-state index contributed by atoms with van der Waals surface area (Å²) in [5.74, 6) is 0.382. The summed E-state index contributed by atoms with van der Waals surface area (Å²) < 4.78 is 23.4. The first-order chi connectivity index (χ1) is 17.8. The molecule has 2 aliphatic rings. The molecular weight excluding hydrogens is 484 g/mol. The molecule has 2 aromatic rings. The maximum Gasteiger partial charge on any atom is 0.165 e. The summed E-state index contributed by atoms with van der Waals surface area (Å²) in [5, 5.41) is 60.0. The highest BCUT2D eigenvalue weighted by atomic mass is 16.5. The molecule has 6 N–H and O–H groups in total. The van der Waals surface area contributed by atoms with E-state index in [4.69, 9.17) is 18.9 Å². The minimum Gasteiger partial charge on any atom is -0.504 e. The Hall–Kier alpha value is -2.60. The average molecular weight is 521 g/mol. The van der Waals surface area contributed by atoms with Crippen molar-refractivity contribution in [2.24, 2.45) is 5.92 Å². The molecule has 1 fully saturated rings. The fourth-order valence-electron chi connectivity index (χ4n) is 5.24. The van der Waals surface area contributed by atoms with E-state index in [1.54, 1.807) is 19.2 Å². The number of methoxy groups -OCH3 is 2. The Bertz CT molecular complexity index is 1060. The smallest absolute Gasteiger partial charge is 0.165 e. The van der Waals surface area contributed by atoms with Crippen LogP contribution in [0.5, 0.6) is 23.0 Å². The summed E-state index contributed by atoms with van der Waals surface area (Å²) in [4.78, 5) is 0. The summed E-state index contributed by atoms with van der Waals surface area (Å²) in [6, 6.07) is 8.82. The van der Waals surface area contributed by atoms with Gasteiger partial charge in [0.05, 0.1) is 39.0 Å². The van der Waals surface area contributed by atoms with Gasteiger partial charge in [-0.05, 0) is 48.6 Å². The van der Waals surface area contributed by atoms with Gasteiger partial charge in [0.2, 0.25) is 0 Å². The van der Waals surface area contributed by atoms with Crippen LogP contribution in [0, 0.1) is 5.92 Å². The van der Waals surface area contributed by atoms with E-state index in [-0.39, 0.29) is 43.7 Å². The van der Waals surface area contributed by atoms with Crippen molar-refractivity contribution < 1.29 is 49.6 Å². The minimum absolute atomic E-state index is 0.00801. The molecule has 4 rings (SSSR count). The molecule has 10 nitrogen and oxygen atoms in total. The van der Waals surface area contributed by atoms with Crippen molar-refractivity contribution >= 4 is 0 Å². The molecule has 0 spiro atoms. The molecule has 0 saturated heterocycles. The van der Waals surface area contributed by atoms with Crippen LogP contribution in [0.2, 0.25) is 0 Å². The molecule has 0 aromatic heterocycles. The predicted octanol–water partition coefficient (Wildman–Crippen LogP) is 1.03. The number of hydrogen-bond acceptors (Lipinski definition) is 10. The molecule has 1 heterocycles. The van der Waals surface area contributed by atoms with E-state index in [0.29, 0.717) is 24.3 Å². The van der Waals surface area contributed by atoms with E-state index in [9.17, 15) is 30.6 Å². The number of aromatic hydroxyl groups is 1. The van der Waals surface area contributed by atoms with Crippen LogP contribution in [-0.2, 0) is 11.2 Å². The number of aliphatic hydroxyl groups is 5. The topological polar surface area (TPSA) is 158 Å². The maximum absolute atomic E-state index is 10.6. The van der Waals surface area contributed by atoms with E-state index >= 15 is 0 Å². The van der Waals surface area contributed by atoms with Crippen molar-refractivity contribution in [3.63, 3.8) is 0 Å². The highest BCUT2D eigenvalue weighted by Gasteiger charge is 2.45. The van der Waals surface area contributed by atoms with Gasteiger partial charge in [0, 0.05) is 24.7 Å². The fourth-order valence-corrected chi connectivity index (χ4v) is 5.24. The van der Waals surface area contributed by atoms with Crippen LogP contribution in [0.3, 0.4) is 0 Å². The van der Waals surface area contributed by atoms with Gasteiger partial charge in [-0.2, -0.15) is 0 Å². The van der Waals surface area contributed by atoms with E-state index in [1.807, 2.05) is 12.1 Å². The largest absolute Gasteiger partial charge is 0.504 e. The van der Waals surface area contributed by atoms with Crippen LogP contribution in [-0.4, -0.2) is 89.1 Å². The second kappa shape index (κ2) is 11.8. The number of ether oxygens (including phenoxy) is 4. The zero-order valence-electron chi connectivity index (χ0n) is 21.0. The van der Waals surface area contributed by atoms with Gasteiger partial charge in [0.1, 0.15) is 18.3 Å². The lowest BCUT2D eigenvalue weighted by Crippen LogP contribution is -2.55. The van der Waals surface area contributed by atoms with E-state index in [1.165, 1.54) is 13.2 Å². The molecule has 7 unspecified atom stereocenters. The van der Waals surface area contributed by atoms with Crippen LogP contribution in [0.25, 0.3) is 0 Å². The Morgan fingerprint density at radius 2 is 1.70 bits per heavy atom. The zero-order chi connectivity index (χ0) is 26.7. The SMILES string of the molecule is COc1cc(C2Oc3c(OC)cc(CCCO)cc3C2COC2CC(CO)C(O)C(O)C2O)ccc1O. The van der Waals surface area contributed by atoms with Crippen LogP contribution in [0.15, 0.2) is 30.3 Å². The molecule has 37 heavy (non-hydrogen) atoms. The number of aliphatic hydroxyl groups excluding tert-OH is 5. The summed E-state index contributed by atoms with van der Waals surface area (Å²) in [6.07, 6.45) is -3.97. The Kier molecular flexibility index (Phi) is 8.79. The van der Waals surface area contributed by atoms with Gasteiger partial charge in [-0.15, -0.1) is 0 Å². The molecule has 1 aliphatic carbocycles. The molecular formula is C27H36O10. The fraction of sp³-hybridized carbons (Fsp3) is 0.556. The number of aryl methyl sites for hydroxylation is 1. The van der Waals surface area contributed by atoms with Crippen molar-refractivity contribution in [2.45, 2.75) is 55.7 Å². The number of fused-ring (bicyclic) bond motifs is 1.